The Labute approximate surface area is 122 Å². The van der Waals surface area contributed by atoms with Gasteiger partial charge in [-0.15, -0.1) is 0 Å². The summed E-state index contributed by atoms with van der Waals surface area (Å²) in [7, 11) is -3.06. The van der Waals surface area contributed by atoms with E-state index in [9.17, 15) is 18.0 Å². The molecule has 0 spiro atoms. The van der Waals surface area contributed by atoms with Crippen LogP contribution in [-0.2, 0) is 14.6 Å². The predicted octanol–water partition coefficient (Wildman–Crippen LogP) is 0.175. The molecule has 1 saturated heterocycles. The molecule has 1 N–H and O–H groups in total. The number of sulfone groups is 1. The summed E-state index contributed by atoms with van der Waals surface area (Å²) >= 11 is 0. The molecule has 0 saturated carbocycles. The Balaban J connectivity index is 2.06. The molecule has 2 heterocycles. The van der Waals surface area contributed by atoms with Crippen LogP contribution in [0.5, 0.6) is 0 Å². The summed E-state index contributed by atoms with van der Waals surface area (Å²) in [6.45, 7) is 1.89. The molecule has 1 aromatic rings. The number of carbonyl (C=O) groups excluding carboxylic acids is 2. The smallest absolute Gasteiger partial charge is 0.356 e. The fraction of sp³-hybridized carbons (Fsp3) is 0.462. The van der Waals surface area contributed by atoms with Crippen LogP contribution in [0.15, 0.2) is 18.2 Å². The summed E-state index contributed by atoms with van der Waals surface area (Å²) in [5.41, 5.74) is 0.105. The maximum atomic E-state index is 12.0. The standard InChI is InChI=1S/C13H16N2O5S/c1-2-20-13(17)11-5-3-4-10(15-11)12(16)14-9-6-7-21(18,19)8-9/h3-5,9H,2,6-8H2,1H3,(H,14,16). The minimum atomic E-state index is -3.06. The number of carbonyl (C=O) groups is 2. The van der Waals surface area contributed by atoms with Gasteiger partial charge >= 0.3 is 5.97 Å². The van der Waals surface area contributed by atoms with E-state index in [2.05, 4.69) is 10.3 Å². The van der Waals surface area contributed by atoms with Gasteiger partial charge in [0.15, 0.2) is 9.84 Å². The molecule has 1 atom stereocenters. The van der Waals surface area contributed by atoms with E-state index < -0.39 is 27.8 Å². The van der Waals surface area contributed by atoms with E-state index in [-0.39, 0.29) is 29.5 Å². The van der Waals surface area contributed by atoms with E-state index in [4.69, 9.17) is 4.74 Å². The third-order valence-electron chi connectivity index (χ3n) is 3.03. The second kappa shape index (κ2) is 6.21. The van der Waals surface area contributed by atoms with Crippen LogP contribution in [0.4, 0.5) is 0 Å². The second-order valence-electron chi connectivity index (χ2n) is 4.70. The van der Waals surface area contributed by atoms with Crippen LogP contribution in [0, 0.1) is 0 Å². The lowest BCUT2D eigenvalue weighted by Gasteiger charge is -2.10. The first-order valence-corrected chi connectivity index (χ1v) is 8.39. The third-order valence-corrected chi connectivity index (χ3v) is 4.80. The summed E-state index contributed by atoms with van der Waals surface area (Å²) < 4.78 is 27.5. The quantitative estimate of drug-likeness (QED) is 0.795. The van der Waals surface area contributed by atoms with Crippen molar-refractivity contribution in [3.8, 4) is 0 Å². The number of hydrogen-bond acceptors (Lipinski definition) is 6. The molecule has 1 fully saturated rings. The van der Waals surface area contributed by atoms with E-state index in [0.717, 1.165) is 0 Å². The van der Waals surface area contributed by atoms with Crippen molar-refractivity contribution in [3.63, 3.8) is 0 Å². The largest absolute Gasteiger partial charge is 0.461 e. The van der Waals surface area contributed by atoms with Crippen molar-refractivity contribution in [1.29, 1.82) is 0 Å². The molecule has 0 bridgehead atoms. The van der Waals surface area contributed by atoms with Gasteiger partial charge < -0.3 is 10.1 Å². The Bertz CT molecular complexity index is 656. The maximum absolute atomic E-state index is 12.0. The van der Waals surface area contributed by atoms with Crippen LogP contribution in [0.25, 0.3) is 0 Å². The fourth-order valence-corrected chi connectivity index (χ4v) is 3.72. The van der Waals surface area contributed by atoms with E-state index in [1.165, 1.54) is 18.2 Å². The number of ether oxygens (including phenoxy) is 1. The van der Waals surface area contributed by atoms with Gasteiger partial charge in [-0.3, -0.25) is 4.79 Å². The molecular formula is C13H16N2O5S. The van der Waals surface area contributed by atoms with Crippen molar-refractivity contribution in [2.24, 2.45) is 0 Å². The zero-order valence-corrected chi connectivity index (χ0v) is 12.4. The van der Waals surface area contributed by atoms with Crippen molar-refractivity contribution in [2.75, 3.05) is 18.1 Å². The Morgan fingerprint density at radius 2 is 2.10 bits per heavy atom. The molecule has 21 heavy (non-hydrogen) atoms. The van der Waals surface area contributed by atoms with E-state index in [1.807, 2.05) is 0 Å². The normalized spacial score (nSPS) is 20.0. The molecule has 1 unspecified atom stereocenters. The molecular weight excluding hydrogens is 296 g/mol. The molecule has 0 aliphatic carbocycles. The van der Waals surface area contributed by atoms with Gasteiger partial charge in [0.25, 0.3) is 5.91 Å². The molecule has 1 aliphatic heterocycles. The average molecular weight is 312 g/mol. The summed E-state index contributed by atoms with van der Waals surface area (Å²) in [5, 5.41) is 2.62. The molecule has 1 amide bonds. The molecule has 7 nitrogen and oxygen atoms in total. The Kier molecular flexibility index (Phi) is 4.56. The number of esters is 1. The summed E-state index contributed by atoms with van der Waals surface area (Å²) in [6.07, 6.45) is 0.394. The van der Waals surface area contributed by atoms with Crippen molar-refractivity contribution in [2.45, 2.75) is 19.4 Å². The minimum absolute atomic E-state index is 0.0449. The number of rotatable bonds is 4. The van der Waals surface area contributed by atoms with E-state index >= 15 is 0 Å². The highest BCUT2D eigenvalue weighted by atomic mass is 32.2. The number of aromatic nitrogens is 1. The Morgan fingerprint density at radius 1 is 1.38 bits per heavy atom. The Hall–Kier alpha value is -1.96. The van der Waals surface area contributed by atoms with Crippen LogP contribution >= 0.6 is 0 Å². The van der Waals surface area contributed by atoms with Crippen molar-refractivity contribution < 1.29 is 22.7 Å². The molecule has 0 radical (unpaired) electrons. The first kappa shape index (κ1) is 15.4. The lowest BCUT2D eigenvalue weighted by atomic mass is 10.2. The van der Waals surface area contributed by atoms with Gasteiger partial charge in [-0.2, -0.15) is 0 Å². The predicted molar refractivity (Wildman–Crippen MR) is 74.7 cm³/mol. The van der Waals surface area contributed by atoms with Crippen LogP contribution < -0.4 is 5.32 Å². The van der Waals surface area contributed by atoms with Crippen LogP contribution in [0.2, 0.25) is 0 Å². The number of pyridine rings is 1. The summed E-state index contributed by atoms with van der Waals surface area (Å²) in [6, 6.07) is 4.03. The van der Waals surface area contributed by atoms with Gasteiger partial charge in [-0.1, -0.05) is 6.07 Å². The first-order chi connectivity index (χ1) is 9.91. The molecule has 2 rings (SSSR count). The minimum Gasteiger partial charge on any atom is -0.461 e. The monoisotopic (exact) mass is 312 g/mol. The van der Waals surface area contributed by atoms with Gasteiger partial charge in [-0.05, 0) is 25.5 Å². The van der Waals surface area contributed by atoms with Gasteiger partial charge in [-0.25, -0.2) is 18.2 Å². The van der Waals surface area contributed by atoms with Crippen LogP contribution in [0.1, 0.15) is 34.3 Å². The number of hydrogen-bond donors (Lipinski definition) is 1. The SMILES string of the molecule is CCOC(=O)c1cccc(C(=O)NC2CCS(=O)(=O)C2)n1. The Morgan fingerprint density at radius 3 is 2.71 bits per heavy atom. The highest BCUT2D eigenvalue weighted by molar-refractivity contribution is 7.91. The number of nitrogens with one attached hydrogen (secondary N) is 1. The highest BCUT2D eigenvalue weighted by Crippen LogP contribution is 2.12. The molecule has 1 aromatic heterocycles. The molecule has 114 valence electrons. The van der Waals surface area contributed by atoms with Gasteiger partial charge in [0.05, 0.1) is 18.1 Å². The lowest BCUT2D eigenvalue weighted by Crippen LogP contribution is -2.36. The lowest BCUT2D eigenvalue weighted by molar-refractivity contribution is 0.0519. The first-order valence-electron chi connectivity index (χ1n) is 6.57. The zero-order chi connectivity index (χ0) is 15.5. The van der Waals surface area contributed by atoms with E-state index in [0.29, 0.717) is 6.42 Å². The van der Waals surface area contributed by atoms with Crippen molar-refractivity contribution >= 4 is 21.7 Å². The maximum Gasteiger partial charge on any atom is 0.356 e. The molecule has 8 heteroatoms. The fourth-order valence-electron chi connectivity index (χ4n) is 2.05. The van der Waals surface area contributed by atoms with Gasteiger partial charge in [0.1, 0.15) is 11.4 Å². The van der Waals surface area contributed by atoms with Crippen LogP contribution in [0.3, 0.4) is 0 Å². The van der Waals surface area contributed by atoms with Gasteiger partial charge in [0.2, 0.25) is 0 Å². The second-order valence-corrected chi connectivity index (χ2v) is 6.93. The number of nitrogens with zero attached hydrogens (tertiary/aromatic N) is 1. The number of amides is 1. The summed E-state index contributed by atoms with van der Waals surface area (Å²) in [4.78, 5) is 27.5. The van der Waals surface area contributed by atoms with Crippen molar-refractivity contribution in [1.82, 2.24) is 10.3 Å². The zero-order valence-electron chi connectivity index (χ0n) is 11.5. The third kappa shape index (κ3) is 4.01. The van der Waals surface area contributed by atoms with Gasteiger partial charge in [0, 0.05) is 6.04 Å². The average Bonchev–Trinajstić information content (AvgIpc) is 2.78. The van der Waals surface area contributed by atoms with Crippen molar-refractivity contribution in [3.05, 3.63) is 29.6 Å². The molecule has 0 aromatic carbocycles. The topological polar surface area (TPSA) is 102 Å². The van der Waals surface area contributed by atoms with E-state index in [1.54, 1.807) is 6.92 Å². The highest BCUT2D eigenvalue weighted by Gasteiger charge is 2.29. The van der Waals surface area contributed by atoms with Crippen LogP contribution in [-0.4, -0.2) is 49.4 Å². The summed E-state index contributed by atoms with van der Waals surface area (Å²) in [5.74, 6) is -1.08. The molecule has 1 aliphatic rings.